The van der Waals surface area contributed by atoms with Gasteiger partial charge in [0.15, 0.2) is 17.5 Å². The molecule has 2 aliphatic rings. The minimum absolute atomic E-state index is 0.235. The van der Waals surface area contributed by atoms with Crippen LogP contribution in [0.2, 0.25) is 0 Å². The van der Waals surface area contributed by atoms with Crippen molar-refractivity contribution >= 4 is 17.3 Å². The Labute approximate surface area is 156 Å². The van der Waals surface area contributed by atoms with Crippen molar-refractivity contribution < 1.29 is 24.5 Å². The number of rotatable bonds is 5. The lowest BCUT2D eigenvalue weighted by Gasteiger charge is -2.23. The van der Waals surface area contributed by atoms with E-state index < -0.39 is 29.5 Å². The first-order chi connectivity index (χ1) is 12.8. The second kappa shape index (κ2) is 5.88. The maximum Gasteiger partial charge on any atom is 0.309 e. The SMILES string of the molecule is CCC(CC)C(=O)OC1[C@@]2(C)O[C@@H](c3ccc4c(N)ncnn34)[C@H](O)[C@@]12O. The number of aliphatic hydroxyl groups excluding tert-OH is 1. The topological polar surface area (TPSA) is 132 Å². The van der Waals surface area contributed by atoms with E-state index in [9.17, 15) is 15.0 Å². The highest BCUT2D eigenvalue weighted by Gasteiger charge is 2.87. The average molecular weight is 376 g/mol. The molecule has 27 heavy (non-hydrogen) atoms. The van der Waals surface area contributed by atoms with Gasteiger partial charge in [-0.25, -0.2) is 9.50 Å². The molecule has 0 amide bonds. The molecule has 4 rings (SSSR count). The van der Waals surface area contributed by atoms with Gasteiger partial charge >= 0.3 is 5.97 Å². The molecule has 0 radical (unpaired) electrons. The summed E-state index contributed by atoms with van der Waals surface area (Å²) in [6.45, 7) is 5.46. The van der Waals surface area contributed by atoms with E-state index in [4.69, 9.17) is 15.2 Å². The molecule has 3 heterocycles. The number of esters is 1. The smallest absolute Gasteiger partial charge is 0.309 e. The molecule has 2 aromatic rings. The Morgan fingerprint density at radius 2 is 2.15 bits per heavy atom. The van der Waals surface area contributed by atoms with Gasteiger partial charge in [-0.15, -0.1) is 0 Å². The molecule has 2 fully saturated rings. The van der Waals surface area contributed by atoms with Crippen LogP contribution in [-0.2, 0) is 14.3 Å². The van der Waals surface area contributed by atoms with Crippen LogP contribution < -0.4 is 5.73 Å². The maximum atomic E-state index is 12.3. The lowest BCUT2D eigenvalue weighted by molar-refractivity contribution is -0.161. The number of ether oxygens (including phenoxy) is 2. The van der Waals surface area contributed by atoms with Crippen LogP contribution in [0.1, 0.15) is 45.4 Å². The molecule has 9 heteroatoms. The van der Waals surface area contributed by atoms with Gasteiger partial charge in [-0.05, 0) is 31.9 Å². The third-order valence-corrected chi connectivity index (χ3v) is 6.08. The van der Waals surface area contributed by atoms with Gasteiger partial charge in [0.05, 0.1) is 11.6 Å². The van der Waals surface area contributed by atoms with Crippen LogP contribution >= 0.6 is 0 Å². The van der Waals surface area contributed by atoms with Crippen LogP contribution in [0.3, 0.4) is 0 Å². The van der Waals surface area contributed by atoms with E-state index in [0.717, 1.165) is 0 Å². The molecule has 4 N–H and O–H groups in total. The maximum absolute atomic E-state index is 12.3. The Morgan fingerprint density at radius 3 is 2.74 bits per heavy atom. The lowest BCUT2D eigenvalue weighted by Crippen LogP contribution is -2.37. The molecule has 1 aliphatic carbocycles. The molecule has 0 bridgehead atoms. The van der Waals surface area contributed by atoms with E-state index in [1.807, 2.05) is 13.8 Å². The fourth-order valence-corrected chi connectivity index (χ4v) is 4.17. The Kier molecular flexibility index (Phi) is 3.95. The fraction of sp³-hybridized carbons (Fsp3) is 0.611. The van der Waals surface area contributed by atoms with Crippen molar-refractivity contribution in [3.63, 3.8) is 0 Å². The first kappa shape index (κ1) is 18.1. The fourth-order valence-electron chi connectivity index (χ4n) is 4.17. The summed E-state index contributed by atoms with van der Waals surface area (Å²) in [5.74, 6) is -0.313. The number of anilines is 1. The summed E-state index contributed by atoms with van der Waals surface area (Å²) in [5.41, 5.74) is 4.12. The van der Waals surface area contributed by atoms with Gasteiger partial charge in [-0.3, -0.25) is 4.79 Å². The van der Waals surface area contributed by atoms with Crippen LogP contribution in [0.5, 0.6) is 0 Å². The van der Waals surface area contributed by atoms with Gasteiger partial charge in [0, 0.05) is 0 Å². The van der Waals surface area contributed by atoms with Crippen molar-refractivity contribution in [2.45, 2.75) is 63.1 Å². The molecule has 2 aromatic heterocycles. The third-order valence-electron chi connectivity index (χ3n) is 6.08. The molecule has 146 valence electrons. The first-order valence-corrected chi connectivity index (χ1v) is 9.16. The van der Waals surface area contributed by atoms with E-state index in [1.54, 1.807) is 19.1 Å². The van der Waals surface area contributed by atoms with Crippen LogP contribution in [0, 0.1) is 5.92 Å². The van der Waals surface area contributed by atoms with E-state index >= 15 is 0 Å². The summed E-state index contributed by atoms with van der Waals surface area (Å²) in [6, 6.07) is 3.44. The number of carbonyl (C=O) groups excluding carboxylic acids is 1. The second-order valence-corrected chi connectivity index (χ2v) is 7.45. The van der Waals surface area contributed by atoms with Crippen molar-refractivity contribution in [1.82, 2.24) is 14.6 Å². The van der Waals surface area contributed by atoms with E-state index in [-0.39, 0.29) is 11.9 Å². The second-order valence-electron chi connectivity index (χ2n) is 7.45. The van der Waals surface area contributed by atoms with E-state index in [2.05, 4.69) is 10.1 Å². The Balaban J connectivity index is 1.59. The molecular weight excluding hydrogens is 352 g/mol. The number of nitrogen functional groups attached to an aromatic ring is 1. The molecule has 5 atom stereocenters. The number of nitrogens with two attached hydrogens (primary N) is 1. The number of fused-ring (bicyclic) bond motifs is 2. The van der Waals surface area contributed by atoms with Crippen LogP contribution in [0.25, 0.3) is 5.52 Å². The standard InChI is InChI=1S/C18H24N4O5/c1-4-9(5-2)15(24)26-16-17(3)18(16,25)13(23)12(27-17)10-6-7-11-14(19)20-8-21-22(10)11/h6-9,12-13,16,23,25H,4-5H2,1-3H3,(H2,19,20,21)/t12-,13-,16?,17+,18+/m0/s1. The zero-order valence-electron chi connectivity index (χ0n) is 15.5. The summed E-state index contributed by atoms with van der Waals surface area (Å²) in [6.07, 6.45) is -0.405. The minimum Gasteiger partial charge on any atom is -0.456 e. The zero-order valence-corrected chi connectivity index (χ0v) is 15.5. The highest BCUT2D eigenvalue weighted by molar-refractivity contribution is 5.73. The van der Waals surface area contributed by atoms with Gasteiger partial charge in [0.25, 0.3) is 0 Å². The Bertz CT molecular complexity index is 897. The Morgan fingerprint density at radius 1 is 1.44 bits per heavy atom. The minimum atomic E-state index is -1.66. The number of hydrogen-bond acceptors (Lipinski definition) is 8. The summed E-state index contributed by atoms with van der Waals surface area (Å²) in [5, 5.41) is 26.0. The summed E-state index contributed by atoms with van der Waals surface area (Å²) in [4.78, 5) is 16.2. The van der Waals surface area contributed by atoms with Crippen LogP contribution in [0.4, 0.5) is 5.82 Å². The predicted octanol–water partition coefficient (Wildman–Crippen LogP) is 0.595. The van der Waals surface area contributed by atoms with E-state index in [1.165, 1.54) is 10.8 Å². The summed E-state index contributed by atoms with van der Waals surface area (Å²) >= 11 is 0. The molecule has 9 nitrogen and oxygen atoms in total. The highest BCUT2D eigenvalue weighted by atomic mass is 16.6. The van der Waals surface area contributed by atoms with Crippen LogP contribution in [0.15, 0.2) is 18.5 Å². The van der Waals surface area contributed by atoms with Gasteiger partial charge in [0.1, 0.15) is 29.7 Å². The number of aliphatic hydroxyl groups is 2. The lowest BCUT2D eigenvalue weighted by atomic mass is 10.0. The predicted molar refractivity (Wildman–Crippen MR) is 94.5 cm³/mol. The zero-order chi connectivity index (χ0) is 19.6. The number of nitrogens with zero attached hydrogens (tertiary/aromatic N) is 3. The average Bonchev–Trinajstić information content (AvgIpc) is 2.95. The molecule has 1 aliphatic heterocycles. The largest absolute Gasteiger partial charge is 0.456 e. The summed E-state index contributed by atoms with van der Waals surface area (Å²) in [7, 11) is 0. The van der Waals surface area contributed by atoms with Crippen molar-refractivity contribution in [3.8, 4) is 0 Å². The monoisotopic (exact) mass is 376 g/mol. The van der Waals surface area contributed by atoms with Crippen molar-refractivity contribution in [2.24, 2.45) is 5.92 Å². The molecular formula is C18H24N4O5. The Hall–Kier alpha value is -2.23. The molecule has 0 spiro atoms. The third kappa shape index (κ3) is 2.25. The van der Waals surface area contributed by atoms with Crippen molar-refractivity contribution in [3.05, 3.63) is 24.2 Å². The van der Waals surface area contributed by atoms with Crippen molar-refractivity contribution in [2.75, 3.05) is 5.73 Å². The van der Waals surface area contributed by atoms with Gasteiger partial charge in [-0.2, -0.15) is 5.10 Å². The van der Waals surface area contributed by atoms with Gasteiger partial charge < -0.3 is 25.4 Å². The number of carbonyl (C=O) groups is 1. The van der Waals surface area contributed by atoms with Gasteiger partial charge in [0.2, 0.25) is 0 Å². The molecule has 1 saturated heterocycles. The molecule has 1 unspecified atom stereocenters. The quantitative estimate of drug-likeness (QED) is 0.646. The van der Waals surface area contributed by atoms with E-state index in [0.29, 0.717) is 29.9 Å². The van der Waals surface area contributed by atoms with Gasteiger partial charge in [-0.1, -0.05) is 13.8 Å². The number of hydrogen-bond donors (Lipinski definition) is 3. The molecule has 0 aromatic carbocycles. The normalized spacial score (nSPS) is 34.8. The first-order valence-electron chi connectivity index (χ1n) is 9.16. The molecule has 1 saturated carbocycles. The number of aromatic nitrogens is 3. The van der Waals surface area contributed by atoms with Crippen molar-refractivity contribution in [1.29, 1.82) is 0 Å². The highest BCUT2D eigenvalue weighted by Crippen LogP contribution is 2.64. The van der Waals surface area contributed by atoms with Crippen LogP contribution in [-0.4, -0.2) is 54.2 Å². The summed E-state index contributed by atoms with van der Waals surface area (Å²) < 4.78 is 13.0.